The molecule has 0 saturated heterocycles. The molecule has 0 aliphatic carbocycles. The first-order chi connectivity index (χ1) is 3.91. The van der Waals surface area contributed by atoms with Gasteiger partial charge in [0.05, 0.1) is 12.9 Å². The van der Waals surface area contributed by atoms with Crippen LogP contribution in [0.15, 0.2) is 12.4 Å². The molecule has 0 aliphatic heterocycles. The van der Waals surface area contributed by atoms with Crippen LogP contribution in [0.5, 0.6) is 0 Å². The molecule has 8 heavy (non-hydrogen) atoms. The molecule has 0 aromatic heterocycles. The minimum absolute atomic E-state index is 0.254. The van der Waals surface area contributed by atoms with Gasteiger partial charge >= 0.3 is 0 Å². The summed E-state index contributed by atoms with van der Waals surface area (Å²) in [6.45, 7) is 0.593. The second-order valence-corrected chi connectivity index (χ2v) is 1.12. The molecule has 0 bridgehead atoms. The van der Waals surface area contributed by atoms with E-state index in [0.717, 1.165) is 0 Å². The smallest absolute Gasteiger partial charge is 0.293 e. The molecule has 0 aromatic rings. The fourth-order valence-corrected chi connectivity index (χ4v) is 0.247. The third-order valence-electron chi connectivity index (χ3n) is 0.559. The van der Waals surface area contributed by atoms with E-state index in [9.17, 15) is 9.18 Å². The number of carbonyl (C=O) groups excluding carboxylic acids is 1. The Morgan fingerprint density at radius 1 is 1.62 bits per heavy atom. The zero-order valence-corrected chi connectivity index (χ0v) is 4.34. The average Bonchev–Trinajstić information content (AvgIpc) is 1.81. The first kappa shape index (κ1) is 7.14. The molecule has 0 rings (SSSR count). The average molecular weight is 118 g/mol. The highest BCUT2D eigenvalue weighted by Crippen LogP contribution is 1.82. The fraction of sp³-hybridized carbons (Fsp3) is 0.400. The Morgan fingerprint density at radius 3 is 2.88 bits per heavy atom. The van der Waals surface area contributed by atoms with Crippen LogP contribution in [0.1, 0.15) is 6.42 Å². The molecule has 0 saturated carbocycles. The van der Waals surface area contributed by atoms with Gasteiger partial charge in [-0.3, -0.25) is 4.79 Å². The Morgan fingerprint density at radius 2 is 2.38 bits per heavy atom. The van der Waals surface area contributed by atoms with E-state index in [4.69, 9.17) is 0 Å². The van der Waals surface area contributed by atoms with E-state index in [1.807, 2.05) is 0 Å². The summed E-state index contributed by atoms with van der Waals surface area (Å²) in [7, 11) is 0. The quantitative estimate of drug-likeness (QED) is 0.407. The lowest BCUT2D eigenvalue weighted by Crippen LogP contribution is -1.87. The maximum atomic E-state index is 11.1. The predicted octanol–water partition coefficient (Wildman–Crippen LogP) is 1.03. The topological polar surface area (TPSA) is 26.3 Å². The van der Waals surface area contributed by atoms with Crippen LogP contribution in [0, 0.1) is 0 Å². The SMILES string of the molecule is O=COCC/C=C/F. The van der Waals surface area contributed by atoms with Crippen molar-refractivity contribution in [1.82, 2.24) is 0 Å². The molecule has 46 valence electrons. The van der Waals surface area contributed by atoms with Crippen LogP contribution >= 0.6 is 0 Å². The van der Waals surface area contributed by atoms with Gasteiger partial charge < -0.3 is 4.74 Å². The molecular formula is C5H7FO2. The third kappa shape index (κ3) is 5.14. The van der Waals surface area contributed by atoms with E-state index >= 15 is 0 Å². The van der Waals surface area contributed by atoms with Crippen molar-refractivity contribution in [3.05, 3.63) is 12.4 Å². The fourth-order valence-electron chi connectivity index (χ4n) is 0.247. The summed E-state index contributed by atoms with van der Waals surface area (Å²) < 4.78 is 15.3. The number of hydrogen-bond acceptors (Lipinski definition) is 2. The van der Waals surface area contributed by atoms with Crippen molar-refractivity contribution in [2.45, 2.75) is 6.42 Å². The van der Waals surface area contributed by atoms with Crippen LogP contribution in [0.2, 0.25) is 0 Å². The van der Waals surface area contributed by atoms with Gasteiger partial charge in [0.25, 0.3) is 6.47 Å². The molecule has 0 radical (unpaired) electrons. The van der Waals surface area contributed by atoms with Crippen LogP contribution < -0.4 is 0 Å². The Hall–Kier alpha value is -0.860. The molecule has 0 aliphatic rings. The van der Waals surface area contributed by atoms with Crippen LogP contribution in [0.25, 0.3) is 0 Å². The Labute approximate surface area is 47.0 Å². The molecule has 2 nitrogen and oxygen atoms in total. The maximum absolute atomic E-state index is 11.1. The summed E-state index contributed by atoms with van der Waals surface area (Å²) in [6.07, 6.45) is 2.15. The predicted molar refractivity (Wildman–Crippen MR) is 26.9 cm³/mol. The lowest BCUT2D eigenvalue weighted by molar-refractivity contribution is -0.128. The molecule has 0 unspecified atom stereocenters. The Balaban J connectivity index is 2.82. The number of ether oxygens (including phenoxy) is 1. The molecule has 0 N–H and O–H groups in total. The third-order valence-corrected chi connectivity index (χ3v) is 0.559. The van der Waals surface area contributed by atoms with Crippen LogP contribution in [-0.2, 0) is 9.53 Å². The molecule has 0 amide bonds. The Kier molecular flexibility index (Phi) is 5.48. The van der Waals surface area contributed by atoms with Gasteiger partial charge in [-0.1, -0.05) is 6.08 Å². The second-order valence-electron chi connectivity index (χ2n) is 1.12. The summed E-state index contributed by atoms with van der Waals surface area (Å²) in [6, 6.07) is 0. The number of halogens is 1. The minimum Gasteiger partial charge on any atom is -0.468 e. The Bertz CT molecular complexity index is 80.5. The molecule has 3 heteroatoms. The van der Waals surface area contributed by atoms with Gasteiger partial charge in [0.15, 0.2) is 0 Å². The van der Waals surface area contributed by atoms with E-state index in [1.54, 1.807) is 0 Å². The molecule has 0 spiro atoms. The molecule has 0 atom stereocenters. The number of carbonyl (C=O) groups is 1. The first-order valence-corrected chi connectivity index (χ1v) is 2.22. The van der Waals surface area contributed by atoms with E-state index in [-0.39, 0.29) is 6.61 Å². The highest BCUT2D eigenvalue weighted by molar-refractivity contribution is 5.36. The van der Waals surface area contributed by atoms with Crippen molar-refractivity contribution in [3.63, 3.8) is 0 Å². The highest BCUT2D eigenvalue weighted by atomic mass is 19.1. The van der Waals surface area contributed by atoms with Gasteiger partial charge in [-0.15, -0.1) is 0 Å². The van der Waals surface area contributed by atoms with Crippen LogP contribution in [-0.4, -0.2) is 13.1 Å². The van der Waals surface area contributed by atoms with Crippen molar-refractivity contribution >= 4 is 6.47 Å². The van der Waals surface area contributed by atoms with Crippen molar-refractivity contribution in [1.29, 1.82) is 0 Å². The zero-order chi connectivity index (χ0) is 6.24. The minimum atomic E-state index is 0.254. The van der Waals surface area contributed by atoms with Gasteiger partial charge in [-0.2, -0.15) is 0 Å². The van der Waals surface area contributed by atoms with Crippen molar-refractivity contribution in [3.8, 4) is 0 Å². The second kappa shape index (κ2) is 6.14. The lowest BCUT2D eigenvalue weighted by Gasteiger charge is -1.88. The van der Waals surface area contributed by atoms with E-state index in [0.29, 0.717) is 19.2 Å². The van der Waals surface area contributed by atoms with Crippen LogP contribution in [0.4, 0.5) is 4.39 Å². The maximum Gasteiger partial charge on any atom is 0.293 e. The van der Waals surface area contributed by atoms with Gasteiger partial charge in [0.1, 0.15) is 0 Å². The monoisotopic (exact) mass is 118 g/mol. The summed E-state index contributed by atoms with van der Waals surface area (Å²) in [5.41, 5.74) is 0. The van der Waals surface area contributed by atoms with Crippen LogP contribution in [0.3, 0.4) is 0 Å². The van der Waals surface area contributed by atoms with Crippen molar-refractivity contribution < 1.29 is 13.9 Å². The van der Waals surface area contributed by atoms with E-state index < -0.39 is 0 Å². The normalized spacial score (nSPS) is 9.62. The number of rotatable bonds is 4. The number of hydrogen-bond donors (Lipinski definition) is 0. The van der Waals surface area contributed by atoms with Crippen molar-refractivity contribution in [2.24, 2.45) is 0 Å². The van der Waals surface area contributed by atoms with Gasteiger partial charge in [0, 0.05) is 6.42 Å². The zero-order valence-electron chi connectivity index (χ0n) is 4.34. The summed E-state index contributed by atoms with van der Waals surface area (Å²) in [4.78, 5) is 9.43. The summed E-state index contributed by atoms with van der Waals surface area (Å²) >= 11 is 0. The first-order valence-electron chi connectivity index (χ1n) is 2.22. The van der Waals surface area contributed by atoms with Gasteiger partial charge in [-0.25, -0.2) is 4.39 Å². The molecule has 0 aromatic carbocycles. The molecule has 0 fully saturated rings. The van der Waals surface area contributed by atoms with E-state index in [2.05, 4.69) is 4.74 Å². The summed E-state index contributed by atoms with van der Waals surface area (Å²) in [5.74, 6) is 0. The molecule has 0 heterocycles. The van der Waals surface area contributed by atoms with E-state index in [1.165, 1.54) is 6.08 Å². The van der Waals surface area contributed by atoms with Gasteiger partial charge in [0.2, 0.25) is 0 Å². The standard InChI is InChI=1S/C5H7FO2/c6-3-1-2-4-8-5-7/h1,3,5H,2,4H2/b3-1+. The summed E-state index contributed by atoms with van der Waals surface area (Å²) in [5, 5.41) is 0. The highest BCUT2D eigenvalue weighted by Gasteiger charge is 1.77. The van der Waals surface area contributed by atoms with Gasteiger partial charge in [-0.05, 0) is 0 Å². The van der Waals surface area contributed by atoms with Crippen molar-refractivity contribution in [2.75, 3.05) is 6.61 Å². The largest absolute Gasteiger partial charge is 0.468 e. The lowest BCUT2D eigenvalue weighted by atomic mass is 10.5. The molecular weight excluding hydrogens is 111 g/mol.